The van der Waals surface area contributed by atoms with Gasteiger partial charge in [-0.1, -0.05) is 60.4 Å². The Morgan fingerprint density at radius 2 is 1.85 bits per heavy atom. The third-order valence-corrected chi connectivity index (χ3v) is 7.84. The van der Waals surface area contributed by atoms with Gasteiger partial charge in [-0.2, -0.15) is 4.57 Å². The van der Waals surface area contributed by atoms with E-state index in [0.717, 1.165) is 45.5 Å². The minimum absolute atomic E-state index is 0.307. The number of carbonyl (C=O) groups is 2. The molecule has 0 bridgehead atoms. The molecule has 0 saturated heterocycles. The lowest BCUT2D eigenvalue weighted by Crippen LogP contribution is -2.39. The van der Waals surface area contributed by atoms with Crippen molar-refractivity contribution in [2.24, 2.45) is 0 Å². The first kappa shape index (κ1) is 30.9. The number of thioether (sulfide) groups is 1. The fraction of sp³-hybridized carbons (Fsp3) is 0.300. The maximum absolute atomic E-state index is 11.3. The van der Waals surface area contributed by atoms with Crippen molar-refractivity contribution in [3.63, 3.8) is 0 Å². The van der Waals surface area contributed by atoms with Crippen LogP contribution in [0.3, 0.4) is 0 Å². The summed E-state index contributed by atoms with van der Waals surface area (Å²) < 4.78 is 8.67. The number of aromatic nitrogens is 1. The minimum Gasteiger partial charge on any atom is -0.465 e. The number of allylic oxidation sites excluding steroid dienone is 4. The first-order chi connectivity index (χ1) is 19.2. The lowest BCUT2D eigenvalue weighted by molar-refractivity contribution is -0.668. The van der Waals surface area contributed by atoms with E-state index in [1.54, 1.807) is 30.1 Å². The second-order valence-electron chi connectivity index (χ2n) is 9.32. The molecule has 0 unspecified atom stereocenters. The van der Waals surface area contributed by atoms with Crippen molar-refractivity contribution in [3.05, 3.63) is 76.8 Å². The average molecular weight is 582 g/mol. The van der Waals surface area contributed by atoms with Crippen molar-refractivity contribution in [2.75, 3.05) is 39.5 Å². The van der Waals surface area contributed by atoms with E-state index >= 15 is 0 Å². The Labute approximate surface area is 244 Å². The molecule has 0 fully saturated rings. The number of carbonyl (C=O) groups excluding carboxylic acids is 1. The Morgan fingerprint density at radius 3 is 2.50 bits per heavy atom. The molecule has 0 atom stereocenters. The summed E-state index contributed by atoms with van der Waals surface area (Å²) in [7, 11) is 5.71. The molecule has 40 heavy (non-hydrogen) atoms. The highest BCUT2D eigenvalue weighted by atomic mass is 32.2. The number of rotatable bonds is 9. The molecular formula is C30H37N4O4S2+. The van der Waals surface area contributed by atoms with Crippen LogP contribution < -0.4 is 14.6 Å². The molecule has 1 amide bonds. The highest BCUT2D eigenvalue weighted by molar-refractivity contribution is 8.03. The van der Waals surface area contributed by atoms with Gasteiger partial charge in [0.2, 0.25) is 5.52 Å². The number of benzene rings is 2. The van der Waals surface area contributed by atoms with Gasteiger partial charge in [0.1, 0.15) is 10.4 Å². The number of carboxylic acid groups (broad SMARTS) is 1. The van der Waals surface area contributed by atoms with Crippen LogP contribution >= 0.6 is 23.1 Å². The smallest absolute Gasteiger partial charge is 0.407 e. The van der Waals surface area contributed by atoms with Crippen LogP contribution in [-0.4, -0.2) is 61.2 Å². The number of anilines is 1. The van der Waals surface area contributed by atoms with Gasteiger partial charge in [-0.25, -0.2) is 4.79 Å². The monoisotopic (exact) mass is 581 g/mol. The lowest BCUT2D eigenvalue weighted by Gasteiger charge is -2.09. The summed E-state index contributed by atoms with van der Waals surface area (Å²) in [4.78, 5) is 26.0. The maximum atomic E-state index is 11.3. The molecule has 3 aromatic rings. The third kappa shape index (κ3) is 9.25. The average Bonchev–Trinajstić information content (AvgIpc) is 3.47. The number of likely N-dealkylation sites (N-methyl/N-ethyl adjacent to an activating group) is 1. The fourth-order valence-corrected chi connectivity index (χ4v) is 5.81. The van der Waals surface area contributed by atoms with Crippen LogP contribution in [0.1, 0.15) is 25.3 Å². The SMILES string of the molecule is CC(=O)Oc1ccc2c(c1)sc(C=CC=CC=C1Nc3ccccc3S1)[n+]2CCN(C)C.CCCN(C)C(=O)O. The highest BCUT2D eigenvalue weighted by Crippen LogP contribution is 2.40. The molecular weight excluding hydrogens is 544 g/mol. The van der Waals surface area contributed by atoms with E-state index < -0.39 is 6.09 Å². The van der Waals surface area contributed by atoms with Crippen molar-refractivity contribution in [2.45, 2.75) is 31.7 Å². The van der Waals surface area contributed by atoms with E-state index in [4.69, 9.17) is 9.84 Å². The van der Waals surface area contributed by atoms with Crippen LogP contribution in [0.4, 0.5) is 10.5 Å². The number of amides is 1. The summed E-state index contributed by atoms with van der Waals surface area (Å²) in [5, 5.41) is 13.9. The van der Waals surface area contributed by atoms with Gasteiger partial charge in [0.05, 0.1) is 17.3 Å². The number of thiazole rings is 1. The quantitative estimate of drug-likeness (QED) is 0.133. The number of fused-ring (bicyclic) bond motifs is 2. The molecule has 212 valence electrons. The van der Waals surface area contributed by atoms with Gasteiger partial charge in [0.25, 0.3) is 5.01 Å². The molecule has 10 heteroatoms. The summed E-state index contributed by atoms with van der Waals surface area (Å²) in [5.41, 5.74) is 2.30. The van der Waals surface area contributed by atoms with Gasteiger partial charge < -0.3 is 25.0 Å². The number of hydrogen-bond acceptors (Lipinski definition) is 7. The number of hydrogen-bond donors (Lipinski definition) is 2. The number of para-hydroxylation sites is 1. The normalized spacial score (nSPS) is 13.5. The van der Waals surface area contributed by atoms with Gasteiger partial charge >= 0.3 is 12.1 Å². The van der Waals surface area contributed by atoms with E-state index in [-0.39, 0.29) is 5.97 Å². The minimum atomic E-state index is -0.855. The van der Waals surface area contributed by atoms with E-state index in [2.05, 4.69) is 65.3 Å². The summed E-state index contributed by atoms with van der Waals surface area (Å²) in [6.45, 7) is 5.80. The molecule has 2 aromatic carbocycles. The second-order valence-corrected chi connectivity index (χ2v) is 11.5. The van der Waals surface area contributed by atoms with E-state index in [9.17, 15) is 9.59 Å². The Bertz CT molecular complexity index is 1380. The molecule has 0 aliphatic carbocycles. The third-order valence-electron chi connectivity index (χ3n) is 5.69. The second kappa shape index (κ2) is 15.3. The molecule has 4 rings (SSSR count). The van der Waals surface area contributed by atoms with E-state index in [1.807, 2.05) is 43.3 Å². The number of ether oxygens (including phenoxy) is 1. The molecule has 2 heterocycles. The van der Waals surface area contributed by atoms with Gasteiger partial charge in [-0.15, -0.1) is 0 Å². The zero-order valence-corrected chi connectivity index (χ0v) is 25.2. The number of nitrogens with one attached hydrogen (secondary N) is 1. The van der Waals surface area contributed by atoms with Crippen molar-refractivity contribution in [3.8, 4) is 5.75 Å². The van der Waals surface area contributed by atoms with Crippen molar-refractivity contribution < 1.29 is 24.0 Å². The topological polar surface area (TPSA) is 86.0 Å². The molecule has 2 N–H and O–H groups in total. The molecule has 0 radical (unpaired) electrons. The highest BCUT2D eigenvalue weighted by Gasteiger charge is 2.19. The number of nitrogens with zero attached hydrogens (tertiary/aromatic N) is 3. The Kier molecular flexibility index (Phi) is 11.8. The Morgan fingerprint density at radius 1 is 1.07 bits per heavy atom. The summed E-state index contributed by atoms with van der Waals surface area (Å²) in [6.07, 6.45) is 10.4. The standard InChI is InChI=1S/C25H25N3O2S2.C5H11NO2/c1-18(29)30-19-13-14-21-23(17-19)32-25(28(21)16-15-27(2)3)12-6-4-5-11-24-26-20-9-7-8-10-22(20)31-24;1-3-4-6(2)5(7)8/h4-14,17H,15-16H2,1-3H3;3-4H2,1-2H3,(H,7,8)/p+1. The Hall–Kier alpha value is -3.60. The van der Waals surface area contributed by atoms with Crippen molar-refractivity contribution >= 4 is 57.1 Å². The van der Waals surface area contributed by atoms with Crippen LogP contribution in [0.15, 0.2) is 76.7 Å². The molecule has 8 nitrogen and oxygen atoms in total. The van der Waals surface area contributed by atoms with Crippen LogP contribution in [0.5, 0.6) is 5.75 Å². The van der Waals surface area contributed by atoms with Gasteiger partial charge in [0.15, 0.2) is 6.54 Å². The van der Waals surface area contributed by atoms with Crippen LogP contribution in [-0.2, 0) is 11.3 Å². The molecule has 0 saturated carbocycles. The molecule has 1 aliphatic heterocycles. The molecule has 0 spiro atoms. The molecule has 1 aliphatic rings. The summed E-state index contributed by atoms with van der Waals surface area (Å²) in [5.74, 6) is 0.273. The van der Waals surface area contributed by atoms with Crippen LogP contribution in [0.2, 0.25) is 0 Å². The largest absolute Gasteiger partial charge is 0.465 e. The van der Waals surface area contributed by atoms with Gasteiger partial charge in [-0.05, 0) is 44.8 Å². The van der Waals surface area contributed by atoms with Crippen molar-refractivity contribution in [1.29, 1.82) is 0 Å². The van der Waals surface area contributed by atoms with Crippen LogP contribution in [0.25, 0.3) is 16.3 Å². The van der Waals surface area contributed by atoms with E-state index in [0.29, 0.717) is 12.3 Å². The van der Waals surface area contributed by atoms with Crippen LogP contribution in [0, 0.1) is 0 Å². The predicted molar refractivity (Wildman–Crippen MR) is 165 cm³/mol. The van der Waals surface area contributed by atoms with Gasteiger partial charge in [0, 0.05) is 43.6 Å². The zero-order chi connectivity index (χ0) is 29.1. The van der Waals surface area contributed by atoms with E-state index in [1.165, 1.54) is 16.7 Å². The summed E-state index contributed by atoms with van der Waals surface area (Å²) in [6, 6.07) is 14.1. The maximum Gasteiger partial charge on any atom is 0.407 e. The van der Waals surface area contributed by atoms with Crippen molar-refractivity contribution in [1.82, 2.24) is 9.80 Å². The first-order valence-electron chi connectivity index (χ1n) is 13.0. The zero-order valence-electron chi connectivity index (χ0n) is 23.6. The number of esters is 1. The lowest BCUT2D eigenvalue weighted by atomic mass is 10.3. The predicted octanol–water partition coefficient (Wildman–Crippen LogP) is 6.31. The fourth-order valence-electron chi connectivity index (χ4n) is 3.76. The summed E-state index contributed by atoms with van der Waals surface area (Å²) >= 11 is 3.44. The molecule has 1 aromatic heterocycles. The Balaban J connectivity index is 0.000000482. The van der Waals surface area contributed by atoms with Gasteiger partial charge in [-0.3, -0.25) is 4.79 Å². The first-order valence-corrected chi connectivity index (χ1v) is 14.6.